The molecule has 0 radical (unpaired) electrons. The maximum atomic E-state index is 5.91. The number of hydrogen-bond acceptors (Lipinski definition) is 3. The number of morpholine rings is 1. The highest BCUT2D eigenvalue weighted by Gasteiger charge is 2.26. The van der Waals surface area contributed by atoms with Gasteiger partial charge in [0.1, 0.15) is 0 Å². The standard InChI is InChI=1S/C17H34N2O/c1-14(2)11-17-13-18(9-10-20-17)12-16-5-7-19(8-6-16)15(3)4/h14-17H,5-13H2,1-4H3. The molecule has 2 aliphatic rings. The van der Waals surface area contributed by atoms with Crippen molar-refractivity contribution < 1.29 is 4.74 Å². The van der Waals surface area contributed by atoms with Crippen LogP contribution in [0.2, 0.25) is 0 Å². The van der Waals surface area contributed by atoms with E-state index in [4.69, 9.17) is 4.74 Å². The lowest BCUT2D eigenvalue weighted by Gasteiger charge is -2.39. The van der Waals surface area contributed by atoms with Crippen LogP contribution < -0.4 is 0 Å². The monoisotopic (exact) mass is 282 g/mol. The third-order valence-corrected chi connectivity index (χ3v) is 4.85. The molecule has 0 N–H and O–H groups in total. The number of rotatable bonds is 5. The number of ether oxygens (including phenoxy) is 1. The van der Waals surface area contributed by atoms with Gasteiger partial charge < -0.3 is 9.64 Å². The molecule has 0 aromatic heterocycles. The zero-order chi connectivity index (χ0) is 14.5. The van der Waals surface area contributed by atoms with Crippen molar-refractivity contribution in [2.24, 2.45) is 11.8 Å². The van der Waals surface area contributed by atoms with Gasteiger partial charge in [0.25, 0.3) is 0 Å². The molecule has 2 fully saturated rings. The molecule has 0 aromatic carbocycles. The lowest BCUT2D eigenvalue weighted by atomic mass is 9.95. The van der Waals surface area contributed by atoms with Gasteiger partial charge in [-0.15, -0.1) is 0 Å². The topological polar surface area (TPSA) is 15.7 Å². The second-order valence-corrected chi connectivity index (χ2v) is 7.46. The average molecular weight is 282 g/mol. The van der Waals surface area contributed by atoms with Gasteiger partial charge in [0, 0.05) is 25.7 Å². The summed E-state index contributed by atoms with van der Waals surface area (Å²) in [7, 11) is 0. The summed E-state index contributed by atoms with van der Waals surface area (Å²) in [6, 6.07) is 0.717. The second kappa shape index (κ2) is 7.77. The van der Waals surface area contributed by atoms with E-state index in [0.29, 0.717) is 6.10 Å². The van der Waals surface area contributed by atoms with Crippen molar-refractivity contribution in [2.75, 3.05) is 39.3 Å². The largest absolute Gasteiger partial charge is 0.376 e. The van der Waals surface area contributed by atoms with Crippen molar-refractivity contribution in [1.82, 2.24) is 9.80 Å². The molecule has 3 heteroatoms. The Morgan fingerprint density at radius 3 is 2.35 bits per heavy atom. The van der Waals surface area contributed by atoms with Gasteiger partial charge in [-0.3, -0.25) is 4.90 Å². The summed E-state index contributed by atoms with van der Waals surface area (Å²) in [6.45, 7) is 16.3. The summed E-state index contributed by atoms with van der Waals surface area (Å²) < 4.78 is 5.91. The van der Waals surface area contributed by atoms with Crippen molar-refractivity contribution in [2.45, 2.75) is 59.1 Å². The maximum absolute atomic E-state index is 5.91. The zero-order valence-electron chi connectivity index (χ0n) is 14.0. The van der Waals surface area contributed by atoms with Crippen LogP contribution in [0.1, 0.15) is 47.0 Å². The Labute approximate surface area is 125 Å². The van der Waals surface area contributed by atoms with Gasteiger partial charge in [0.2, 0.25) is 0 Å². The van der Waals surface area contributed by atoms with Crippen LogP contribution in [0.3, 0.4) is 0 Å². The van der Waals surface area contributed by atoms with Crippen molar-refractivity contribution in [3.8, 4) is 0 Å². The SMILES string of the molecule is CC(C)CC1CN(CC2CCN(C(C)C)CC2)CCO1. The summed E-state index contributed by atoms with van der Waals surface area (Å²) in [5, 5.41) is 0. The van der Waals surface area contributed by atoms with Crippen molar-refractivity contribution in [1.29, 1.82) is 0 Å². The molecule has 118 valence electrons. The van der Waals surface area contributed by atoms with Gasteiger partial charge in [0.05, 0.1) is 12.7 Å². The minimum atomic E-state index is 0.472. The first-order valence-corrected chi connectivity index (χ1v) is 8.62. The van der Waals surface area contributed by atoms with Gasteiger partial charge in [-0.1, -0.05) is 13.8 Å². The number of hydrogen-bond donors (Lipinski definition) is 0. The summed E-state index contributed by atoms with van der Waals surface area (Å²) in [5.41, 5.74) is 0. The van der Waals surface area contributed by atoms with Crippen LogP contribution in [-0.2, 0) is 4.74 Å². The Hall–Kier alpha value is -0.120. The summed E-state index contributed by atoms with van der Waals surface area (Å²) in [4.78, 5) is 5.28. The highest BCUT2D eigenvalue weighted by Crippen LogP contribution is 2.22. The van der Waals surface area contributed by atoms with Gasteiger partial charge in [0.15, 0.2) is 0 Å². The molecular formula is C17H34N2O. The van der Waals surface area contributed by atoms with Gasteiger partial charge >= 0.3 is 0 Å². The number of nitrogens with zero attached hydrogens (tertiary/aromatic N) is 2. The molecule has 0 spiro atoms. The van der Waals surface area contributed by atoms with Crippen molar-refractivity contribution in [3.63, 3.8) is 0 Å². The van der Waals surface area contributed by atoms with Gasteiger partial charge in [-0.2, -0.15) is 0 Å². The lowest BCUT2D eigenvalue weighted by Crippen LogP contribution is -2.47. The Bertz CT molecular complexity index is 272. The first kappa shape index (κ1) is 16.3. The zero-order valence-corrected chi connectivity index (χ0v) is 14.0. The van der Waals surface area contributed by atoms with Crippen LogP contribution in [0.5, 0.6) is 0 Å². The molecule has 0 aromatic rings. The van der Waals surface area contributed by atoms with Crippen LogP contribution in [-0.4, -0.2) is 61.3 Å². The van der Waals surface area contributed by atoms with Crippen LogP contribution in [0.25, 0.3) is 0 Å². The Morgan fingerprint density at radius 2 is 1.75 bits per heavy atom. The van der Waals surface area contributed by atoms with E-state index in [1.54, 1.807) is 0 Å². The first-order valence-electron chi connectivity index (χ1n) is 8.62. The molecule has 0 amide bonds. The molecule has 1 unspecified atom stereocenters. The highest BCUT2D eigenvalue weighted by molar-refractivity contribution is 4.79. The fourth-order valence-electron chi connectivity index (χ4n) is 3.63. The minimum absolute atomic E-state index is 0.472. The lowest BCUT2D eigenvalue weighted by molar-refractivity contribution is -0.0440. The predicted octanol–water partition coefficient (Wildman–Crippen LogP) is 2.85. The maximum Gasteiger partial charge on any atom is 0.0705 e. The van der Waals surface area contributed by atoms with E-state index in [0.717, 1.165) is 37.6 Å². The average Bonchev–Trinajstić information content (AvgIpc) is 2.39. The van der Waals surface area contributed by atoms with Crippen LogP contribution in [0.15, 0.2) is 0 Å². The third kappa shape index (κ3) is 5.01. The number of likely N-dealkylation sites (tertiary alicyclic amines) is 1. The fourth-order valence-corrected chi connectivity index (χ4v) is 3.63. The first-order chi connectivity index (χ1) is 9.54. The Kier molecular flexibility index (Phi) is 6.31. The van der Waals surface area contributed by atoms with E-state index in [-0.39, 0.29) is 0 Å². The van der Waals surface area contributed by atoms with E-state index < -0.39 is 0 Å². The molecule has 3 nitrogen and oxygen atoms in total. The minimum Gasteiger partial charge on any atom is -0.376 e. The quantitative estimate of drug-likeness (QED) is 0.771. The Morgan fingerprint density at radius 1 is 1.05 bits per heavy atom. The summed E-state index contributed by atoms with van der Waals surface area (Å²) in [5.74, 6) is 1.65. The second-order valence-electron chi connectivity index (χ2n) is 7.46. The fraction of sp³-hybridized carbons (Fsp3) is 1.00. The van der Waals surface area contributed by atoms with E-state index >= 15 is 0 Å². The highest BCUT2D eigenvalue weighted by atomic mass is 16.5. The molecule has 2 heterocycles. The van der Waals surface area contributed by atoms with Gasteiger partial charge in [-0.05, 0) is 58.0 Å². The molecule has 0 bridgehead atoms. The molecule has 2 rings (SSSR count). The van der Waals surface area contributed by atoms with Crippen LogP contribution in [0.4, 0.5) is 0 Å². The van der Waals surface area contributed by atoms with Crippen LogP contribution in [0, 0.1) is 11.8 Å². The third-order valence-electron chi connectivity index (χ3n) is 4.85. The van der Waals surface area contributed by atoms with Crippen molar-refractivity contribution >= 4 is 0 Å². The Balaban J connectivity index is 1.71. The number of piperidine rings is 1. The normalized spacial score (nSPS) is 27.6. The summed E-state index contributed by atoms with van der Waals surface area (Å²) >= 11 is 0. The van der Waals surface area contributed by atoms with Gasteiger partial charge in [-0.25, -0.2) is 0 Å². The molecule has 0 aliphatic carbocycles. The van der Waals surface area contributed by atoms with E-state index in [9.17, 15) is 0 Å². The van der Waals surface area contributed by atoms with Crippen molar-refractivity contribution in [3.05, 3.63) is 0 Å². The summed E-state index contributed by atoms with van der Waals surface area (Å²) in [6.07, 6.45) is 4.44. The molecule has 0 saturated carbocycles. The molecule has 20 heavy (non-hydrogen) atoms. The molecule has 2 saturated heterocycles. The van der Waals surface area contributed by atoms with E-state index in [1.807, 2.05) is 0 Å². The molecular weight excluding hydrogens is 248 g/mol. The predicted molar refractivity (Wildman–Crippen MR) is 85.1 cm³/mol. The smallest absolute Gasteiger partial charge is 0.0705 e. The van der Waals surface area contributed by atoms with Crippen LogP contribution >= 0.6 is 0 Å². The molecule has 1 atom stereocenters. The van der Waals surface area contributed by atoms with E-state index in [1.165, 1.54) is 38.9 Å². The molecule has 2 aliphatic heterocycles. The van der Waals surface area contributed by atoms with E-state index in [2.05, 4.69) is 37.5 Å².